The van der Waals surface area contributed by atoms with Crippen molar-refractivity contribution >= 4 is 28.4 Å². The van der Waals surface area contributed by atoms with E-state index in [0.717, 1.165) is 36.2 Å². The molecule has 3 rings (SSSR count). The predicted molar refractivity (Wildman–Crippen MR) is 238 cm³/mol. The zero-order chi connectivity index (χ0) is 39.4. The first kappa shape index (κ1) is 47.5. The number of nitrogens with two attached hydrogens (primary N) is 4. The van der Waals surface area contributed by atoms with Crippen molar-refractivity contribution in [3.05, 3.63) is 71.8 Å². The molecule has 3 aromatic carbocycles. The van der Waals surface area contributed by atoms with Gasteiger partial charge in [-0.25, -0.2) is 0 Å². The molecule has 0 spiro atoms. The van der Waals surface area contributed by atoms with Gasteiger partial charge >= 0.3 is 0 Å². The normalized spacial score (nSPS) is 12.5. The average molecular weight is 732 g/mol. The third-order valence-corrected chi connectivity index (χ3v) is 10.5. The zero-order valence-electron chi connectivity index (χ0n) is 35.4. The number of rotatable bonds is 23. The number of hydrogen-bond donors (Lipinski definition) is 4. The second kappa shape index (κ2) is 28.9. The van der Waals surface area contributed by atoms with Gasteiger partial charge in [-0.15, -0.1) is 0 Å². The van der Waals surface area contributed by atoms with Gasteiger partial charge in [-0.1, -0.05) is 125 Å². The molecular formula is C47H81N5O. The lowest BCUT2D eigenvalue weighted by molar-refractivity contribution is 0.234. The van der Waals surface area contributed by atoms with Crippen LogP contribution in [-0.2, 0) is 6.42 Å². The molecule has 0 fully saturated rings. The van der Waals surface area contributed by atoms with E-state index in [-0.39, 0.29) is 0 Å². The lowest BCUT2D eigenvalue weighted by Gasteiger charge is -2.33. The minimum absolute atomic E-state index is 0.607. The minimum atomic E-state index is 0.607. The number of benzene rings is 3. The fourth-order valence-corrected chi connectivity index (χ4v) is 6.45. The SMILES string of the molecule is CCCCC(CC)CN(CC(CC)CCCC)c1ccc(N)c(C)c1.CCCCC(CC)COc1cc(N)ccc1N.CCCCc1ccc(N)cc1. The molecule has 3 atom stereocenters. The summed E-state index contributed by atoms with van der Waals surface area (Å²) in [5.74, 6) is 2.90. The molecule has 6 heteroatoms. The standard InChI is InChI=1S/C23H42N2.C14H24N2O.C10H15N/c1-6-10-12-20(8-3)17-25(18-21(9-4)13-11-7-2)22-14-15-23(24)19(5)16-22;1-3-5-6-11(4-2)10-17-14-9-12(15)7-8-13(14)16;1-2-3-4-9-5-7-10(11)8-6-9/h14-16,20-21H,6-13,17-18,24H2,1-5H3;7-9,11H,3-6,10,15-16H2,1-2H3;5-8H,2-4,11H2,1H3. The van der Waals surface area contributed by atoms with E-state index in [0.29, 0.717) is 23.0 Å². The molecule has 53 heavy (non-hydrogen) atoms. The van der Waals surface area contributed by atoms with Gasteiger partial charge in [-0.2, -0.15) is 0 Å². The van der Waals surface area contributed by atoms with E-state index in [2.05, 4.69) is 90.6 Å². The highest BCUT2D eigenvalue weighted by Gasteiger charge is 2.18. The van der Waals surface area contributed by atoms with Crippen LogP contribution < -0.4 is 32.6 Å². The van der Waals surface area contributed by atoms with Crippen LogP contribution in [0.2, 0.25) is 0 Å². The van der Waals surface area contributed by atoms with Crippen molar-refractivity contribution in [3.63, 3.8) is 0 Å². The molecule has 0 aliphatic carbocycles. The lowest BCUT2D eigenvalue weighted by Crippen LogP contribution is -2.34. The highest BCUT2D eigenvalue weighted by molar-refractivity contribution is 5.60. The Balaban J connectivity index is 0.000000431. The fourth-order valence-electron chi connectivity index (χ4n) is 6.45. The maximum atomic E-state index is 6.06. The van der Waals surface area contributed by atoms with E-state index in [1.54, 1.807) is 18.2 Å². The van der Waals surface area contributed by atoms with Crippen LogP contribution in [0.5, 0.6) is 5.75 Å². The molecule has 0 aliphatic heterocycles. The van der Waals surface area contributed by atoms with Crippen molar-refractivity contribution in [1.29, 1.82) is 0 Å². The summed E-state index contributed by atoms with van der Waals surface area (Å²) in [7, 11) is 0. The topological polar surface area (TPSA) is 117 Å². The first-order valence-electron chi connectivity index (χ1n) is 21.3. The lowest BCUT2D eigenvalue weighted by atomic mass is 9.95. The molecule has 300 valence electrons. The summed E-state index contributed by atoms with van der Waals surface area (Å²) < 4.78 is 5.76. The Labute approximate surface area is 326 Å². The zero-order valence-corrected chi connectivity index (χ0v) is 35.4. The molecule has 0 amide bonds. The van der Waals surface area contributed by atoms with Crippen molar-refractivity contribution in [1.82, 2.24) is 0 Å². The van der Waals surface area contributed by atoms with Crippen molar-refractivity contribution in [3.8, 4) is 5.75 Å². The summed E-state index contributed by atoms with van der Waals surface area (Å²) in [6.07, 6.45) is 19.1. The van der Waals surface area contributed by atoms with Gasteiger partial charge in [0.1, 0.15) is 5.75 Å². The van der Waals surface area contributed by atoms with Gasteiger partial charge in [0.05, 0.1) is 12.3 Å². The number of ether oxygens (including phenoxy) is 1. The first-order chi connectivity index (χ1) is 25.5. The monoisotopic (exact) mass is 732 g/mol. The number of nitrogens with zero attached hydrogens (tertiary/aromatic N) is 1. The quantitative estimate of drug-likeness (QED) is 0.0721. The van der Waals surface area contributed by atoms with E-state index >= 15 is 0 Å². The number of unbranched alkanes of at least 4 members (excludes halogenated alkanes) is 4. The summed E-state index contributed by atoms with van der Waals surface area (Å²) in [4.78, 5) is 2.65. The molecule has 0 bridgehead atoms. The van der Waals surface area contributed by atoms with Crippen LogP contribution in [0.15, 0.2) is 60.7 Å². The Morgan fingerprint density at radius 2 is 1.04 bits per heavy atom. The van der Waals surface area contributed by atoms with Crippen molar-refractivity contribution < 1.29 is 4.74 Å². The molecular weight excluding hydrogens is 651 g/mol. The second-order valence-electron chi connectivity index (χ2n) is 15.1. The summed E-state index contributed by atoms with van der Waals surface area (Å²) >= 11 is 0. The van der Waals surface area contributed by atoms with Gasteiger partial charge in [0.25, 0.3) is 0 Å². The number of hydrogen-bond acceptors (Lipinski definition) is 6. The number of aryl methyl sites for hydroxylation is 2. The average Bonchev–Trinajstić information content (AvgIpc) is 3.17. The van der Waals surface area contributed by atoms with Crippen LogP contribution in [0.1, 0.15) is 149 Å². The Morgan fingerprint density at radius 3 is 1.53 bits per heavy atom. The van der Waals surface area contributed by atoms with Gasteiger partial charge in [0.15, 0.2) is 0 Å². The van der Waals surface area contributed by atoms with Crippen molar-refractivity contribution in [2.45, 2.75) is 152 Å². The third kappa shape index (κ3) is 20.5. The van der Waals surface area contributed by atoms with E-state index in [1.807, 2.05) is 12.1 Å². The molecule has 0 aromatic heterocycles. The molecule has 6 nitrogen and oxygen atoms in total. The highest BCUT2D eigenvalue weighted by Crippen LogP contribution is 2.27. The largest absolute Gasteiger partial charge is 0.491 e. The smallest absolute Gasteiger partial charge is 0.144 e. The van der Waals surface area contributed by atoms with Crippen LogP contribution in [0.4, 0.5) is 28.4 Å². The molecule has 0 saturated carbocycles. The fraction of sp³-hybridized carbons (Fsp3) is 0.617. The summed E-state index contributed by atoms with van der Waals surface area (Å²) in [6, 6.07) is 20.1. The Morgan fingerprint density at radius 1 is 0.547 bits per heavy atom. The maximum absolute atomic E-state index is 6.06. The van der Waals surface area contributed by atoms with E-state index in [1.165, 1.54) is 120 Å². The van der Waals surface area contributed by atoms with Gasteiger partial charge in [0.2, 0.25) is 0 Å². The van der Waals surface area contributed by atoms with Crippen LogP contribution in [0, 0.1) is 24.7 Å². The molecule has 0 heterocycles. The molecule has 3 aromatic rings. The molecule has 3 unspecified atom stereocenters. The third-order valence-electron chi connectivity index (χ3n) is 10.5. The summed E-state index contributed by atoms with van der Waals surface area (Å²) in [5.41, 5.74) is 30.2. The maximum Gasteiger partial charge on any atom is 0.144 e. The van der Waals surface area contributed by atoms with Crippen LogP contribution in [0.3, 0.4) is 0 Å². The minimum Gasteiger partial charge on any atom is -0.491 e. The number of nitrogen functional groups attached to an aromatic ring is 4. The second-order valence-corrected chi connectivity index (χ2v) is 15.1. The molecule has 0 aliphatic rings. The Hall–Kier alpha value is -3.54. The molecule has 0 saturated heterocycles. The number of anilines is 5. The van der Waals surface area contributed by atoms with Gasteiger partial charge in [-0.3, -0.25) is 0 Å². The van der Waals surface area contributed by atoms with Gasteiger partial charge in [-0.05, 0) is 110 Å². The van der Waals surface area contributed by atoms with Gasteiger partial charge in [0, 0.05) is 41.9 Å². The predicted octanol–water partition coefficient (Wildman–Crippen LogP) is 12.9. The highest BCUT2D eigenvalue weighted by atomic mass is 16.5. The van der Waals surface area contributed by atoms with Gasteiger partial charge < -0.3 is 32.6 Å². The van der Waals surface area contributed by atoms with E-state index < -0.39 is 0 Å². The molecule has 8 N–H and O–H groups in total. The summed E-state index contributed by atoms with van der Waals surface area (Å²) in [5, 5.41) is 0. The van der Waals surface area contributed by atoms with Crippen LogP contribution >= 0.6 is 0 Å². The Kier molecular flexibility index (Phi) is 25.9. The van der Waals surface area contributed by atoms with Crippen LogP contribution in [-0.4, -0.2) is 19.7 Å². The van der Waals surface area contributed by atoms with Crippen molar-refractivity contribution in [2.24, 2.45) is 17.8 Å². The van der Waals surface area contributed by atoms with Crippen molar-refractivity contribution in [2.75, 3.05) is 47.5 Å². The van der Waals surface area contributed by atoms with E-state index in [4.69, 9.17) is 27.7 Å². The molecule has 0 radical (unpaired) electrons. The Bertz CT molecular complexity index is 1310. The first-order valence-corrected chi connectivity index (χ1v) is 21.3. The summed E-state index contributed by atoms with van der Waals surface area (Å²) in [6.45, 7) is 21.1. The van der Waals surface area contributed by atoms with Crippen LogP contribution in [0.25, 0.3) is 0 Å². The van der Waals surface area contributed by atoms with E-state index in [9.17, 15) is 0 Å².